The summed E-state index contributed by atoms with van der Waals surface area (Å²) in [5.41, 5.74) is 1.64. The first-order valence-corrected chi connectivity index (χ1v) is 6.68. The number of amides is 1. The van der Waals surface area contributed by atoms with Crippen molar-refractivity contribution in [2.24, 2.45) is 0 Å². The van der Waals surface area contributed by atoms with Gasteiger partial charge in [0.05, 0.1) is 0 Å². The van der Waals surface area contributed by atoms with E-state index in [0.29, 0.717) is 29.1 Å². The third-order valence-corrected chi connectivity index (χ3v) is 3.57. The highest BCUT2D eigenvalue weighted by Crippen LogP contribution is 2.28. The van der Waals surface area contributed by atoms with Crippen molar-refractivity contribution in [2.75, 3.05) is 12.4 Å². The minimum atomic E-state index is 0.0371. The predicted octanol–water partition coefficient (Wildman–Crippen LogP) is 3.49. The van der Waals surface area contributed by atoms with Gasteiger partial charge in [-0.2, -0.15) is 0 Å². The smallest absolute Gasteiger partial charge is 0.254 e. The van der Waals surface area contributed by atoms with E-state index in [1.807, 2.05) is 24.0 Å². The molecule has 0 unspecified atom stereocenters. The monoisotopic (exact) mass is 271 g/mol. The summed E-state index contributed by atoms with van der Waals surface area (Å²) < 4.78 is 0. The number of carbonyl (C=O) groups excluding carboxylic acids is 1. The number of benzene rings is 1. The Balaban J connectivity index is 2.19. The van der Waals surface area contributed by atoms with Crippen LogP contribution < -0.4 is 0 Å². The van der Waals surface area contributed by atoms with E-state index < -0.39 is 0 Å². The van der Waals surface area contributed by atoms with Crippen LogP contribution in [0.25, 0.3) is 0 Å². The van der Waals surface area contributed by atoms with Gasteiger partial charge < -0.3 is 4.90 Å². The van der Waals surface area contributed by atoms with Crippen LogP contribution in [0.15, 0.2) is 18.2 Å². The minimum absolute atomic E-state index is 0.0371. The summed E-state index contributed by atoms with van der Waals surface area (Å²) in [5, 5.41) is 0.637. The molecule has 0 aliphatic heterocycles. The van der Waals surface area contributed by atoms with Crippen LogP contribution >= 0.6 is 23.2 Å². The van der Waals surface area contributed by atoms with Crippen LogP contribution in [0.5, 0.6) is 0 Å². The second kappa shape index (κ2) is 5.28. The molecule has 1 aromatic carbocycles. The molecule has 0 atom stereocenters. The molecule has 0 saturated heterocycles. The van der Waals surface area contributed by atoms with Gasteiger partial charge in [-0.25, -0.2) is 0 Å². The molecule has 1 aliphatic carbocycles. The van der Waals surface area contributed by atoms with E-state index in [1.165, 1.54) is 0 Å². The van der Waals surface area contributed by atoms with E-state index in [9.17, 15) is 4.79 Å². The zero-order chi connectivity index (χ0) is 12.4. The highest BCUT2D eigenvalue weighted by atomic mass is 35.5. The van der Waals surface area contributed by atoms with E-state index in [-0.39, 0.29) is 5.91 Å². The van der Waals surface area contributed by atoms with Crippen molar-refractivity contribution < 1.29 is 4.79 Å². The standard InChI is InChI=1S/C13H15Cl2NO/c1-9-2-3-10(8-12(9)15)13(17)16(7-6-14)11-4-5-11/h2-3,8,11H,4-7H2,1H3. The molecule has 0 radical (unpaired) electrons. The van der Waals surface area contributed by atoms with Crippen LogP contribution in [0.3, 0.4) is 0 Å². The predicted molar refractivity (Wildman–Crippen MR) is 71.0 cm³/mol. The topological polar surface area (TPSA) is 20.3 Å². The van der Waals surface area contributed by atoms with Crippen LogP contribution in [0.2, 0.25) is 5.02 Å². The van der Waals surface area contributed by atoms with Gasteiger partial charge in [-0.3, -0.25) is 4.79 Å². The number of aryl methyl sites for hydroxylation is 1. The number of alkyl halides is 1. The highest BCUT2D eigenvalue weighted by Gasteiger charge is 2.32. The lowest BCUT2D eigenvalue weighted by Gasteiger charge is -2.21. The first-order chi connectivity index (χ1) is 8.13. The molecule has 4 heteroatoms. The zero-order valence-corrected chi connectivity index (χ0v) is 11.3. The molecule has 1 aliphatic rings. The molecule has 0 N–H and O–H groups in total. The summed E-state index contributed by atoms with van der Waals surface area (Å²) in [4.78, 5) is 14.1. The van der Waals surface area contributed by atoms with Crippen molar-refractivity contribution in [2.45, 2.75) is 25.8 Å². The Labute approximate surface area is 112 Å². The molecular weight excluding hydrogens is 257 g/mol. The maximum absolute atomic E-state index is 12.3. The maximum atomic E-state index is 12.3. The molecule has 1 fully saturated rings. The summed E-state index contributed by atoms with van der Waals surface area (Å²) in [7, 11) is 0. The SMILES string of the molecule is Cc1ccc(C(=O)N(CCCl)C2CC2)cc1Cl. The number of nitrogens with zero attached hydrogens (tertiary/aromatic N) is 1. The normalized spacial score (nSPS) is 14.8. The van der Waals surface area contributed by atoms with Gasteiger partial charge in [-0.1, -0.05) is 17.7 Å². The van der Waals surface area contributed by atoms with Crippen molar-refractivity contribution in [3.8, 4) is 0 Å². The summed E-state index contributed by atoms with van der Waals surface area (Å²) in [5.74, 6) is 0.511. The summed E-state index contributed by atoms with van der Waals surface area (Å²) in [6.07, 6.45) is 2.17. The number of rotatable bonds is 4. The molecule has 0 bridgehead atoms. The fourth-order valence-corrected chi connectivity index (χ4v) is 2.18. The molecule has 17 heavy (non-hydrogen) atoms. The second-order valence-electron chi connectivity index (χ2n) is 4.38. The summed E-state index contributed by atoms with van der Waals surface area (Å²) in [6, 6.07) is 5.82. The van der Waals surface area contributed by atoms with Crippen molar-refractivity contribution in [1.29, 1.82) is 0 Å². The molecule has 1 aromatic rings. The van der Waals surface area contributed by atoms with Crippen LogP contribution in [0.4, 0.5) is 0 Å². The minimum Gasteiger partial charge on any atom is -0.334 e. The average Bonchev–Trinajstić information content (AvgIpc) is 3.13. The Hall–Kier alpha value is -0.730. The summed E-state index contributed by atoms with van der Waals surface area (Å²) >= 11 is 11.8. The lowest BCUT2D eigenvalue weighted by atomic mass is 10.1. The van der Waals surface area contributed by atoms with E-state index in [0.717, 1.165) is 18.4 Å². The molecule has 0 aromatic heterocycles. The fourth-order valence-electron chi connectivity index (χ4n) is 1.82. The Morgan fingerprint density at radius 3 is 2.71 bits per heavy atom. The van der Waals surface area contributed by atoms with E-state index in [1.54, 1.807) is 6.07 Å². The molecule has 2 nitrogen and oxygen atoms in total. The maximum Gasteiger partial charge on any atom is 0.254 e. The van der Waals surface area contributed by atoms with Crippen LogP contribution in [0, 0.1) is 6.92 Å². The zero-order valence-electron chi connectivity index (χ0n) is 9.75. The van der Waals surface area contributed by atoms with Crippen LogP contribution in [-0.4, -0.2) is 29.3 Å². The number of carbonyl (C=O) groups is 1. The van der Waals surface area contributed by atoms with E-state index >= 15 is 0 Å². The Bertz CT molecular complexity index is 429. The van der Waals surface area contributed by atoms with Gasteiger partial charge in [0, 0.05) is 29.1 Å². The molecule has 92 valence electrons. The molecule has 0 heterocycles. The lowest BCUT2D eigenvalue weighted by molar-refractivity contribution is 0.0753. The Kier molecular flexibility index (Phi) is 3.95. The van der Waals surface area contributed by atoms with Gasteiger partial charge >= 0.3 is 0 Å². The quantitative estimate of drug-likeness (QED) is 0.768. The lowest BCUT2D eigenvalue weighted by Crippen LogP contribution is -2.34. The molecular formula is C13H15Cl2NO. The highest BCUT2D eigenvalue weighted by molar-refractivity contribution is 6.31. The molecule has 0 spiro atoms. The largest absolute Gasteiger partial charge is 0.334 e. The first kappa shape index (κ1) is 12.7. The fraction of sp³-hybridized carbons (Fsp3) is 0.462. The molecule has 1 saturated carbocycles. The van der Waals surface area contributed by atoms with Gasteiger partial charge in [-0.05, 0) is 37.5 Å². The van der Waals surface area contributed by atoms with Gasteiger partial charge in [0.25, 0.3) is 5.91 Å². The van der Waals surface area contributed by atoms with Crippen molar-refractivity contribution in [3.05, 3.63) is 34.3 Å². The molecule has 1 amide bonds. The van der Waals surface area contributed by atoms with Gasteiger partial charge in [-0.15, -0.1) is 11.6 Å². The second-order valence-corrected chi connectivity index (χ2v) is 5.17. The van der Waals surface area contributed by atoms with Crippen molar-refractivity contribution in [1.82, 2.24) is 4.90 Å². The third kappa shape index (κ3) is 2.93. The van der Waals surface area contributed by atoms with Crippen molar-refractivity contribution in [3.63, 3.8) is 0 Å². The first-order valence-electron chi connectivity index (χ1n) is 5.76. The van der Waals surface area contributed by atoms with E-state index in [4.69, 9.17) is 23.2 Å². The average molecular weight is 272 g/mol. The van der Waals surface area contributed by atoms with Crippen LogP contribution in [-0.2, 0) is 0 Å². The number of hydrogen-bond acceptors (Lipinski definition) is 1. The summed E-state index contributed by atoms with van der Waals surface area (Å²) in [6.45, 7) is 2.53. The van der Waals surface area contributed by atoms with E-state index in [2.05, 4.69) is 0 Å². The van der Waals surface area contributed by atoms with Crippen LogP contribution in [0.1, 0.15) is 28.8 Å². The Morgan fingerprint density at radius 2 is 2.18 bits per heavy atom. The third-order valence-electron chi connectivity index (χ3n) is 2.99. The Morgan fingerprint density at radius 1 is 1.47 bits per heavy atom. The molecule has 2 rings (SSSR count). The number of hydrogen-bond donors (Lipinski definition) is 0. The number of halogens is 2. The van der Waals surface area contributed by atoms with Gasteiger partial charge in [0.2, 0.25) is 0 Å². The van der Waals surface area contributed by atoms with Crippen molar-refractivity contribution >= 4 is 29.1 Å². The van der Waals surface area contributed by atoms with Gasteiger partial charge in [0.1, 0.15) is 0 Å². The van der Waals surface area contributed by atoms with Gasteiger partial charge in [0.15, 0.2) is 0 Å².